The molecule has 6 heteroatoms. The second-order valence-corrected chi connectivity index (χ2v) is 5.01. The van der Waals surface area contributed by atoms with Gasteiger partial charge in [0.1, 0.15) is 0 Å². The summed E-state index contributed by atoms with van der Waals surface area (Å²) in [4.78, 5) is 22.1. The molecule has 2 rings (SSSR count). The predicted octanol–water partition coefficient (Wildman–Crippen LogP) is 0.474. The van der Waals surface area contributed by atoms with Crippen molar-refractivity contribution in [2.75, 3.05) is 25.0 Å². The first kappa shape index (κ1) is 13.9. The van der Waals surface area contributed by atoms with Crippen LogP contribution >= 0.6 is 0 Å². The number of anilines is 1. The van der Waals surface area contributed by atoms with Gasteiger partial charge < -0.3 is 5.73 Å². The normalized spacial score (nSPS) is 24.1. The topological polar surface area (TPSA) is 84.1 Å². The van der Waals surface area contributed by atoms with Gasteiger partial charge in [-0.05, 0) is 31.4 Å². The lowest BCUT2D eigenvalue weighted by atomic mass is 9.91. The molecule has 1 amide bonds. The maximum atomic E-state index is 12.0. The average Bonchev–Trinajstić information content (AvgIpc) is 2.40. The lowest BCUT2D eigenvalue weighted by molar-refractivity contribution is -0.118. The molecule has 104 valence electrons. The zero-order valence-electron chi connectivity index (χ0n) is 11.2. The minimum Gasteiger partial charge on any atom is -0.329 e. The van der Waals surface area contributed by atoms with Crippen LogP contribution in [0.15, 0.2) is 18.5 Å². The van der Waals surface area contributed by atoms with Crippen molar-refractivity contribution in [2.24, 2.45) is 11.7 Å². The van der Waals surface area contributed by atoms with Gasteiger partial charge in [0.15, 0.2) is 0 Å². The average molecular weight is 263 g/mol. The largest absolute Gasteiger partial charge is 0.329 e. The molecule has 1 aliphatic rings. The van der Waals surface area contributed by atoms with Crippen LogP contribution in [0.25, 0.3) is 0 Å². The molecule has 1 fully saturated rings. The van der Waals surface area contributed by atoms with Crippen LogP contribution in [0, 0.1) is 5.92 Å². The van der Waals surface area contributed by atoms with Crippen LogP contribution in [0.4, 0.5) is 5.95 Å². The first-order chi connectivity index (χ1) is 9.20. The van der Waals surface area contributed by atoms with Gasteiger partial charge in [0, 0.05) is 25.0 Å². The monoisotopic (exact) mass is 263 g/mol. The Balaban J connectivity index is 1.90. The van der Waals surface area contributed by atoms with Crippen molar-refractivity contribution in [1.82, 2.24) is 14.9 Å². The summed E-state index contributed by atoms with van der Waals surface area (Å²) in [6.45, 7) is 4.07. The second kappa shape index (κ2) is 6.58. The number of nitrogens with zero attached hydrogens (tertiary/aromatic N) is 3. The van der Waals surface area contributed by atoms with Crippen molar-refractivity contribution in [2.45, 2.75) is 25.8 Å². The number of nitrogens with one attached hydrogen (secondary N) is 1. The van der Waals surface area contributed by atoms with Crippen LogP contribution in [0.3, 0.4) is 0 Å². The molecule has 2 atom stereocenters. The Bertz CT molecular complexity index is 411. The van der Waals surface area contributed by atoms with E-state index in [2.05, 4.69) is 27.1 Å². The van der Waals surface area contributed by atoms with E-state index >= 15 is 0 Å². The molecule has 1 saturated heterocycles. The summed E-state index contributed by atoms with van der Waals surface area (Å²) >= 11 is 0. The van der Waals surface area contributed by atoms with Crippen molar-refractivity contribution in [3.8, 4) is 0 Å². The van der Waals surface area contributed by atoms with E-state index < -0.39 is 0 Å². The van der Waals surface area contributed by atoms with Crippen LogP contribution in [-0.2, 0) is 4.79 Å². The highest BCUT2D eigenvalue weighted by molar-refractivity contribution is 5.90. The standard InChI is InChI=1S/C13H21N5O/c1-10-4-2-7-18(11(10)8-14)9-12(19)17-13-15-5-3-6-16-13/h3,5-6,10-11H,2,4,7-9,14H2,1H3,(H,15,16,17,19). The highest BCUT2D eigenvalue weighted by atomic mass is 16.2. The number of piperidine rings is 1. The number of carbonyl (C=O) groups is 1. The van der Waals surface area contributed by atoms with Crippen LogP contribution in [0.2, 0.25) is 0 Å². The van der Waals surface area contributed by atoms with E-state index in [1.807, 2.05) is 0 Å². The number of amides is 1. The third kappa shape index (κ3) is 3.71. The van der Waals surface area contributed by atoms with Gasteiger partial charge >= 0.3 is 0 Å². The summed E-state index contributed by atoms with van der Waals surface area (Å²) < 4.78 is 0. The van der Waals surface area contributed by atoms with Crippen LogP contribution in [0.5, 0.6) is 0 Å². The van der Waals surface area contributed by atoms with Crippen molar-refractivity contribution in [3.05, 3.63) is 18.5 Å². The minimum atomic E-state index is -0.0845. The van der Waals surface area contributed by atoms with Gasteiger partial charge in [-0.25, -0.2) is 9.97 Å². The molecule has 1 aromatic rings. The number of carbonyl (C=O) groups excluding carboxylic acids is 1. The van der Waals surface area contributed by atoms with E-state index in [0.29, 0.717) is 25.0 Å². The third-order valence-electron chi connectivity index (χ3n) is 3.64. The van der Waals surface area contributed by atoms with E-state index in [0.717, 1.165) is 13.0 Å². The number of nitrogens with two attached hydrogens (primary N) is 1. The molecule has 2 heterocycles. The summed E-state index contributed by atoms with van der Waals surface area (Å²) in [5.41, 5.74) is 5.81. The Hall–Kier alpha value is -1.53. The van der Waals surface area contributed by atoms with Gasteiger partial charge in [-0.3, -0.25) is 15.0 Å². The van der Waals surface area contributed by atoms with Crippen molar-refractivity contribution in [1.29, 1.82) is 0 Å². The Labute approximate surface area is 113 Å². The summed E-state index contributed by atoms with van der Waals surface area (Å²) in [7, 11) is 0. The van der Waals surface area contributed by atoms with E-state index in [1.165, 1.54) is 6.42 Å². The van der Waals surface area contributed by atoms with Gasteiger partial charge in [-0.1, -0.05) is 6.92 Å². The molecule has 0 aromatic carbocycles. The fraction of sp³-hybridized carbons (Fsp3) is 0.615. The Kier molecular flexibility index (Phi) is 4.81. The first-order valence-corrected chi connectivity index (χ1v) is 6.71. The summed E-state index contributed by atoms with van der Waals surface area (Å²) in [5.74, 6) is 0.806. The van der Waals surface area contributed by atoms with E-state index in [-0.39, 0.29) is 11.9 Å². The van der Waals surface area contributed by atoms with Gasteiger partial charge in [0.25, 0.3) is 0 Å². The van der Waals surface area contributed by atoms with Crippen LogP contribution in [-0.4, -0.2) is 46.5 Å². The molecule has 1 aromatic heterocycles. The maximum Gasteiger partial charge on any atom is 0.240 e. The molecular formula is C13H21N5O. The van der Waals surface area contributed by atoms with Crippen molar-refractivity contribution < 1.29 is 4.79 Å². The molecule has 0 aliphatic carbocycles. The molecule has 3 N–H and O–H groups in total. The first-order valence-electron chi connectivity index (χ1n) is 6.71. The van der Waals surface area contributed by atoms with Gasteiger partial charge in [0.05, 0.1) is 6.54 Å². The highest BCUT2D eigenvalue weighted by Crippen LogP contribution is 2.22. The SMILES string of the molecule is CC1CCCN(CC(=O)Nc2ncccn2)C1CN. The molecular weight excluding hydrogens is 242 g/mol. The number of hydrogen-bond donors (Lipinski definition) is 2. The van der Waals surface area contributed by atoms with E-state index in [1.54, 1.807) is 18.5 Å². The van der Waals surface area contributed by atoms with Gasteiger partial charge in [-0.15, -0.1) is 0 Å². The van der Waals surface area contributed by atoms with E-state index in [9.17, 15) is 4.79 Å². The summed E-state index contributed by atoms with van der Waals surface area (Å²) in [6.07, 6.45) is 5.51. The molecule has 19 heavy (non-hydrogen) atoms. The fourth-order valence-electron chi connectivity index (χ4n) is 2.62. The quantitative estimate of drug-likeness (QED) is 0.825. The van der Waals surface area contributed by atoms with Crippen LogP contribution in [0.1, 0.15) is 19.8 Å². The Morgan fingerprint density at radius 2 is 2.26 bits per heavy atom. The Morgan fingerprint density at radius 1 is 1.53 bits per heavy atom. The lowest BCUT2D eigenvalue weighted by Gasteiger charge is -2.38. The zero-order valence-corrected chi connectivity index (χ0v) is 11.2. The summed E-state index contributed by atoms with van der Waals surface area (Å²) in [6, 6.07) is 2.00. The van der Waals surface area contributed by atoms with Crippen molar-refractivity contribution >= 4 is 11.9 Å². The van der Waals surface area contributed by atoms with Crippen molar-refractivity contribution in [3.63, 3.8) is 0 Å². The van der Waals surface area contributed by atoms with Gasteiger partial charge in [-0.2, -0.15) is 0 Å². The molecule has 2 unspecified atom stereocenters. The van der Waals surface area contributed by atoms with Gasteiger partial charge in [0.2, 0.25) is 11.9 Å². The van der Waals surface area contributed by atoms with E-state index in [4.69, 9.17) is 5.73 Å². The number of hydrogen-bond acceptors (Lipinski definition) is 5. The fourth-order valence-corrected chi connectivity index (χ4v) is 2.62. The number of likely N-dealkylation sites (tertiary alicyclic amines) is 1. The molecule has 6 nitrogen and oxygen atoms in total. The lowest BCUT2D eigenvalue weighted by Crippen LogP contribution is -2.51. The molecule has 0 spiro atoms. The highest BCUT2D eigenvalue weighted by Gasteiger charge is 2.28. The molecule has 0 radical (unpaired) electrons. The second-order valence-electron chi connectivity index (χ2n) is 5.01. The predicted molar refractivity (Wildman–Crippen MR) is 73.5 cm³/mol. The molecule has 1 aliphatic heterocycles. The third-order valence-corrected chi connectivity index (χ3v) is 3.64. The summed E-state index contributed by atoms with van der Waals surface area (Å²) in [5, 5.41) is 2.71. The minimum absolute atomic E-state index is 0.0845. The Morgan fingerprint density at radius 3 is 2.95 bits per heavy atom. The number of aromatic nitrogens is 2. The molecule has 0 saturated carbocycles. The number of rotatable bonds is 4. The zero-order chi connectivity index (χ0) is 13.7. The maximum absolute atomic E-state index is 12.0. The molecule has 0 bridgehead atoms. The smallest absolute Gasteiger partial charge is 0.240 e. The van der Waals surface area contributed by atoms with Crippen LogP contribution < -0.4 is 11.1 Å².